The van der Waals surface area contributed by atoms with Gasteiger partial charge in [-0.1, -0.05) is 12.2 Å². The summed E-state index contributed by atoms with van der Waals surface area (Å²) in [5, 5.41) is 6.57. The average molecular weight is 243 g/mol. The molecular formula is C9H13N3O3S. The minimum absolute atomic E-state index is 0.136. The van der Waals surface area contributed by atoms with Gasteiger partial charge in [-0.15, -0.1) is 0 Å². The normalized spacial score (nSPS) is 29.8. The smallest absolute Gasteiger partial charge is 0.237 e. The molecule has 0 saturated carbocycles. The lowest BCUT2D eigenvalue weighted by Gasteiger charge is -2.34. The van der Waals surface area contributed by atoms with E-state index in [1.165, 1.54) is 12.3 Å². The first-order valence-corrected chi connectivity index (χ1v) is 6.27. The van der Waals surface area contributed by atoms with Crippen molar-refractivity contribution in [3.05, 3.63) is 35.6 Å². The molecule has 7 heteroatoms. The Bertz CT molecular complexity index is 472. The van der Waals surface area contributed by atoms with Gasteiger partial charge in [0.15, 0.2) is 0 Å². The molecule has 16 heavy (non-hydrogen) atoms. The Morgan fingerprint density at radius 3 is 2.81 bits per heavy atom. The average Bonchev–Trinajstić information content (AvgIpc) is 2.70. The van der Waals surface area contributed by atoms with Crippen LogP contribution in [0.5, 0.6) is 0 Å². The number of hydroxylamine groups is 1. The first-order chi connectivity index (χ1) is 7.42. The predicted molar refractivity (Wildman–Crippen MR) is 58.6 cm³/mol. The molecule has 0 aromatic heterocycles. The first-order valence-electron chi connectivity index (χ1n) is 4.72. The summed E-state index contributed by atoms with van der Waals surface area (Å²) in [6, 6.07) is 0. The predicted octanol–water partition coefficient (Wildman–Crippen LogP) is 0.100. The molecule has 0 bridgehead atoms. The van der Waals surface area contributed by atoms with E-state index in [1.807, 2.05) is 6.92 Å². The molecule has 0 saturated heterocycles. The summed E-state index contributed by atoms with van der Waals surface area (Å²) in [5.41, 5.74) is 2.46. The van der Waals surface area contributed by atoms with Gasteiger partial charge in [0.2, 0.25) is 10.0 Å². The molecule has 0 radical (unpaired) electrons. The third-order valence-corrected chi connectivity index (χ3v) is 3.50. The van der Waals surface area contributed by atoms with Crippen LogP contribution in [0.15, 0.2) is 35.6 Å². The van der Waals surface area contributed by atoms with Gasteiger partial charge in [0.25, 0.3) is 0 Å². The summed E-state index contributed by atoms with van der Waals surface area (Å²) >= 11 is 0. The summed E-state index contributed by atoms with van der Waals surface area (Å²) in [4.78, 5) is 5.33. The first kappa shape index (κ1) is 11.2. The summed E-state index contributed by atoms with van der Waals surface area (Å²) in [6.45, 7) is 1.92. The SMILES string of the molecule is CC1(N2NC=CO2)C=CC(S(N)(=O)=O)=CC1. The maximum Gasteiger partial charge on any atom is 0.237 e. The zero-order valence-corrected chi connectivity index (χ0v) is 9.57. The van der Waals surface area contributed by atoms with Crippen LogP contribution in [0.2, 0.25) is 0 Å². The number of nitrogens with zero attached hydrogens (tertiary/aromatic N) is 1. The largest absolute Gasteiger partial charge is 0.392 e. The van der Waals surface area contributed by atoms with E-state index in [0.717, 1.165) is 0 Å². The van der Waals surface area contributed by atoms with E-state index in [9.17, 15) is 8.42 Å². The van der Waals surface area contributed by atoms with Gasteiger partial charge < -0.3 is 4.84 Å². The monoisotopic (exact) mass is 243 g/mol. The van der Waals surface area contributed by atoms with E-state index in [-0.39, 0.29) is 4.91 Å². The number of nitrogens with one attached hydrogen (secondary N) is 1. The fraction of sp³-hybridized carbons (Fsp3) is 0.333. The van der Waals surface area contributed by atoms with Crippen molar-refractivity contribution in [1.82, 2.24) is 10.6 Å². The number of sulfonamides is 1. The van der Waals surface area contributed by atoms with Crippen LogP contribution in [0.3, 0.4) is 0 Å². The van der Waals surface area contributed by atoms with Crippen LogP contribution in [0.4, 0.5) is 0 Å². The number of hydrogen-bond acceptors (Lipinski definition) is 5. The zero-order valence-electron chi connectivity index (χ0n) is 8.75. The fourth-order valence-corrected chi connectivity index (χ4v) is 2.13. The lowest BCUT2D eigenvalue weighted by molar-refractivity contribution is -0.169. The van der Waals surface area contributed by atoms with Crippen molar-refractivity contribution in [2.75, 3.05) is 0 Å². The van der Waals surface area contributed by atoms with Crippen LogP contribution in [-0.4, -0.2) is 19.1 Å². The molecule has 1 aliphatic carbocycles. The van der Waals surface area contributed by atoms with Gasteiger partial charge in [-0.25, -0.2) is 13.6 Å². The van der Waals surface area contributed by atoms with Gasteiger partial charge in [0.05, 0.1) is 16.6 Å². The molecule has 0 spiro atoms. The highest BCUT2D eigenvalue weighted by Gasteiger charge is 2.34. The minimum atomic E-state index is -3.62. The second-order valence-electron chi connectivity index (χ2n) is 3.88. The lowest BCUT2D eigenvalue weighted by atomic mass is 9.94. The highest BCUT2D eigenvalue weighted by molar-refractivity contribution is 7.93. The van der Waals surface area contributed by atoms with E-state index in [4.69, 9.17) is 9.98 Å². The molecule has 0 aromatic carbocycles. The number of nitrogens with two attached hydrogens (primary N) is 1. The van der Waals surface area contributed by atoms with E-state index in [1.54, 1.807) is 23.5 Å². The number of hydrogen-bond donors (Lipinski definition) is 2. The minimum Gasteiger partial charge on any atom is -0.392 e. The Hall–Kier alpha value is -1.31. The molecule has 1 unspecified atom stereocenters. The van der Waals surface area contributed by atoms with Crippen molar-refractivity contribution < 1.29 is 13.3 Å². The summed E-state index contributed by atoms with van der Waals surface area (Å²) < 4.78 is 22.2. The van der Waals surface area contributed by atoms with Crippen LogP contribution in [-0.2, 0) is 14.9 Å². The summed E-state index contributed by atoms with van der Waals surface area (Å²) in [5.74, 6) is 0. The van der Waals surface area contributed by atoms with Crippen LogP contribution in [0, 0.1) is 0 Å². The molecular weight excluding hydrogens is 230 g/mol. The van der Waals surface area contributed by atoms with Gasteiger partial charge in [0, 0.05) is 0 Å². The molecule has 0 aromatic rings. The van der Waals surface area contributed by atoms with Crippen molar-refractivity contribution in [3.63, 3.8) is 0 Å². The molecule has 2 aliphatic rings. The Labute approximate surface area is 94.0 Å². The van der Waals surface area contributed by atoms with Crippen molar-refractivity contribution in [2.24, 2.45) is 5.14 Å². The van der Waals surface area contributed by atoms with Crippen LogP contribution >= 0.6 is 0 Å². The third-order valence-electron chi connectivity index (χ3n) is 2.54. The van der Waals surface area contributed by atoms with E-state index in [2.05, 4.69) is 5.43 Å². The fourth-order valence-electron chi connectivity index (χ4n) is 1.55. The maximum atomic E-state index is 11.1. The van der Waals surface area contributed by atoms with Gasteiger partial charge in [-0.2, -0.15) is 0 Å². The van der Waals surface area contributed by atoms with Gasteiger partial charge >= 0.3 is 0 Å². The second kappa shape index (κ2) is 3.62. The zero-order chi connectivity index (χ0) is 11.8. The second-order valence-corrected chi connectivity index (χ2v) is 5.44. The standard InChI is InChI=1S/C9H13N3O3S/c1-9(12-11-6-7-15-12)4-2-8(3-5-9)16(10,13)14/h2-4,6-7,11H,5H2,1H3,(H2,10,13,14). The molecule has 1 atom stereocenters. The van der Waals surface area contributed by atoms with Gasteiger partial charge in [0.1, 0.15) is 6.26 Å². The van der Waals surface area contributed by atoms with Crippen molar-refractivity contribution >= 4 is 10.0 Å². The quantitative estimate of drug-likeness (QED) is 0.718. The van der Waals surface area contributed by atoms with Gasteiger partial charge in [-0.05, 0) is 24.6 Å². The van der Waals surface area contributed by atoms with Gasteiger partial charge in [-0.3, -0.25) is 5.43 Å². The summed E-state index contributed by atoms with van der Waals surface area (Å²) in [7, 11) is -3.62. The Morgan fingerprint density at radius 2 is 2.38 bits per heavy atom. The van der Waals surface area contributed by atoms with Crippen LogP contribution < -0.4 is 10.6 Å². The maximum absolute atomic E-state index is 11.1. The third kappa shape index (κ3) is 1.97. The van der Waals surface area contributed by atoms with Crippen molar-refractivity contribution in [3.8, 4) is 0 Å². The highest BCUT2D eigenvalue weighted by atomic mass is 32.2. The number of primary sulfonamides is 1. The Balaban J connectivity index is 2.16. The van der Waals surface area contributed by atoms with E-state index >= 15 is 0 Å². The molecule has 0 fully saturated rings. The van der Waals surface area contributed by atoms with E-state index in [0.29, 0.717) is 6.42 Å². The number of hydrazine groups is 1. The number of allylic oxidation sites excluding steroid dienone is 1. The lowest BCUT2D eigenvalue weighted by Crippen LogP contribution is -2.48. The van der Waals surface area contributed by atoms with E-state index < -0.39 is 15.6 Å². The number of rotatable bonds is 2. The molecule has 0 amide bonds. The molecule has 1 aliphatic heterocycles. The molecule has 2 rings (SSSR count). The Kier molecular flexibility index (Phi) is 2.53. The van der Waals surface area contributed by atoms with Crippen LogP contribution in [0.25, 0.3) is 0 Å². The van der Waals surface area contributed by atoms with Crippen LogP contribution in [0.1, 0.15) is 13.3 Å². The topological polar surface area (TPSA) is 84.7 Å². The highest BCUT2D eigenvalue weighted by Crippen LogP contribution is 2.28. The molecule has 3 N–H and O–H groups in total. The molecule has 88 valence electrons. The van der Waals surface area contributed by atoms with Crippen molar-refractivity contribution in [1.29, 1.82) is 0 Å². The molecule has 6 nitrogen and oxygen atoms in total. The Morgan fingerprint density at radius 1 is 1.62 bits per heavy atom. The van der Waals surface area contributed by atoms with Crippen molar-refractivity contribution in [2.45, 2.75) is 18.9 Å². The summed E-state index contributed by atoms with van der Waals surface area (Å²) in [6.07, 6.45) is 8.47. The molecule has 1 heterocycles.